The first-order valence-corrected chi connectivity index (χ1v) is 12.1. The molecule has 0 aliphatic heterocycles. The number of carbonyl (C=O) groups excluding carboxylic acids is 1. The topological polar surface area (TPSA) is 92.2 Å². The quantitative estimate of drug-likeness (QED) is 0.294. The summed E-state index contributed by atoms with van der Waals surface area (Å²) >= 11 is 0. The van der Waals surface area contributed by atoms with Crippen LogP contribution in [0.2, 0.25) is 0 Å². The molecule has 1 atom stereocenters. The van der Waals surface area contributed by atoms with Crippen LogP contribution in [-0.4, -0.2) is 33.5 Å². The molecule has 4 aromatic rings. The first-order valence-electron chi connectivity index (χ1n) is 12.1. The van der Waals surface area contributed by atoms with Crippen LogP contribution in [0.5, 0.6) is 0 Å². The molecule has 0 bridgehead atoms. The smallest absolute Gasteiger partial charge is 0.306 e. The van der Waals surface area contributed by atoms with Gasteiger partial charge in [0.05, 0.1) is 28.3 Å². The predicted octanol–water partition coefficient (Wildman–Crippen LogP) is 5.59. The molecule has 6 nitrogen and oxygen atoms in total. The molecular formula is C29H27F2N3O3. The number of halogens is 2. The Morgan fingerprint density at radius 3 is 2.24 bits per heavy atom. The van der Waals surface area contributed by atoms with E-state index in [1.54, 1.807) is 49.4 Å². The van der Waals surface area contributed by atoms with Crippen LogP contribution in [0, 0.1) is 17.6 Å². The summed E-state index contributed by atoms with van der Waals surface area (Å²) in [5.41, 5.74) is 4.45. The number of nitrogens with zero attached hydrogens (tertiary/aromatic N) is 2. The maximum absolute atomic E-state index is 13.5. The van der Waals surface area contributed by atoms with Crippen LogP contribution in [0.3, 0.4) is 0 Å². The lowest BCUT2D eigenvalue weighted by molar-refractivity contribution is -0.141. The third-order valence-electron chi connectivity index (χ3n) is 6.20. The lowest BCUT2D eigenvalue weighted by Gasteiger charge is -2.12. The van der Waals surface area contributed by atoms with E-state index in [-0.39, 0.29) is 17.5 Å². The van der Waals surface area contributed by atoms with Crippen LogP contribution in [-0.2, 0) is 17.6 Å². The minimum atomic E-state index is -0.849. The number of hydrogen-bond acceptors (Lipinski definition) is 4. The number of hydrogen-bond donors (Lipinski definition) is 2. The van der Waals surface area contributed by atoms with Crippen molar-refractivity contribution in [2.75, 3.05) is 6.54 Å². The highest BCUT2D eigenvalue weighted by Gasteiger charge is 2.16. The molecule has 0 radical (unpaired) electrons. The van der Waals surface area contributed by atoms with Gasteiger partial charge in [-0.25, -0.2) is 18.7 Å². The number of benzene rings is 3. The summed E-state index contributed by atoms with van der Waals surface area (Å²) in [5, 5.41) is 12.1. The Labute approximate surface area is 213 Å². The van der Waals surface area contributed by atoms with Gasteiger partial charge in [0.2, 0.25) is 0 Å². The molecular weight excluding hydrogens is 476 g/mol. The number of amides is 1. The average Bonchev–Trinajstić information content (AvgIpc) is 2.89. The third kappa shape index (κ3) is 6.73. The minimum absolute atomic E-state index is 0.259. The van der Waals surface area contributed by atoms with Crippen molar-refractivity contribution in [3.8, 4) is 11.3 Å². The summed E-state index contributed by atoms with van der Waals surface area (Å²) in [4.78, 5) is 33.5. The van der Waals surface area contributed by atoms with Gasteiger partial charge in [0, 0.05) is 17.7 Å². The van der Waals surface area contributed by atoms with Gasteiger partial charge >= 0.3 is 5.97 Å². The molecule has 0 spiro atoms. The predicted molar refractivity (Wildman–Crippen MR) is 137 cm³/mol. The summed E-state index contributed by atoms with van der Waals surface area (Å²) in [6.45, 7) is 2.06. The molecule has 1 aromatic heterocycles. The Kier molecular flexibility index (Phi) is 8.18. The second-order valence-corrected chi connectivity index (χ2v) is 8.99. The summed E-state index contributed by atoms with van der Waals surface area (Å²) in [5.74, 6) is -2.25. The van der Waals surface area contributed by atoms with Gasteiger partial charge in [-0.3, -0.25) is 9.59 Å². The lowest BCUT2D eigenvalue weighted by Crippen LogP contribution is -2.25. The van der Waals surface area contributed by atoms with Gasteiger partial charge in [-0.1, -0.05) is 19.1 Å². The highest BCUT2D eigenvalue weighted by molar-refractivity contribution is 5.97. The molecule has 8 heteroatoms. The number of carboxylic acid groups (broad SMARTS) is 1. The van der Waals surface area contributed by atoms with E-state index in [9.17, 15) is 23.5 Å². The summed E-state index contributed by atoms with van der Waals surface area (Å²) in [6.07, 6.45) is 2.13. The highest BCUT2D eigenvalue weighted by Crippen LogP contribution is 2.26. The van der Waals surface area contributed by atoms with Crippen LogP contribution < -0.4 is 5.32 Å². The molecule has 1 unspecified atom stereocenters. The third-order valence-corrected chi connectivity index (χ3v) is 6.20. The molecule has 1 amide bonds. The van der Waals surface area contributed by atoms with Crippen molar-refractivity contribution in [3.63, 3.8) is 0 Å². The van der Waals surface area contributed by atoms with Crippen LogP contribution in [0.25, 0.3) is 22.3 Å². The van der Waals surface area contributed by atoms with E-state index in [0.717, 1.165) is 5.56 Å². The molecule has 0 saturated carbocycles. The number of aromatic nitrogens is 2. The molecule has 1 heterocycles. The Bertz CT molecular complexity index is 1410. The molecule has 37 heavy (non-hydrogen) atoms. The van der Waals surface area contributed by atoms with Gasteiger partial charge in [0.25, 0.3) is 5.91 Å². The van der Waals surface area contributed by atoms with Gasteiger partial charge in [0.15, 0.2) is 0 Å². The number of carbonyl (C=O) groups is 2. The number of aliphatic carboxylic acids is 1. The number of rotatable bonds is 10. The van der Waals surface area contributed by atoms with Crippen LogP contribution in [0.1, 0.15) is 41.4 Å². The molecule has 0 saturated heterocycles. The van der Waals surface area contributed by atoms with E-state index >= 15 is 0 Å². The standard InChI is InChI=1S/C29H27F2N3O3/c1-18(29(36)37)3-2-4-25-27(20-7-12-23(31)13-8-20)34-24-14-9-21(17-26(24)33-25)28(35)32-16-15-19-5-10-22(30)11-6-19/h5-14,17-18H,2-4,15-16H2,1H3,(H,32,35)(H,36,37). The Balaban J connectivity index is 1.55. The van der Waals surface area contributed by atoms with E-state index in [2.05, 4.69) is 5.32 Å². The Hall–Kier alpha value is -4.20. The van der Waals surface area contributed by atoms with Gasteiger partial charge in [-0.2, -0.15) is 0 Å². The zero-order valence-corrected chi connectivity index (χ0v) is 20.4. The van der Waals surface area contributed by atoms with Crippen molar-refractivity contribution in [1.29, 1.82) is 0 Å². The zero-order valence-electron chi connectivity index (χ0n) is 20.4. The molecule has 4 rings (SSSR count). The Morgan fingerprint density at radius 1 is 0.892 bits per heavy atom. The van der Waals surface area contributed by atoms with Crippen molar-refractivity contribution >= 4 is 22.9 Å². The monoisotopic (exact) mass is 503 g/mol. The van der Waals surface area contributed by atoms with Gasteiger partial charge in [0.1, 0.15) is 11.6 Å². The maximum atomic E-state index is 13.5. The van der Waals surface area contributed by atoms with Gasteiger partial charge in [-0.15, -0.1) is 0 Å². The number of nitrogens with one attached hydrogen (secondary N) is 1. The first kappa shape index (κ1) is 25.9. The fraction of sp³-hybridized carbons (Fsp3) is 0.241. The van der Waals surface area contributed by atoms with Crippen molar-refractivity contribution in [1.82, 2.24) is 15.3 Å². The molecule has 3 aromatic carbocycles. The second kappa shape index (κ2) is 11.7. The molecule has 0 fully saturated rings. The van der Waals surface area contributed by atoms with Crippen LogP contribution in [0.4, 0.5) is 8.78 Å². The van der Waals surface area contributed by atoms with Gasteiger partial charge in [-0.05, 0) is 85.8 Å². The molecule has 190 valence electrons. The van der Waals surface area contributed by atoms with Crippen molar-refractivity contribution in [2.24, 2.45) is 5.92 Å². The molecule has 0 aliphatic rings. The number of carboxylic acids is 1. The summed E-state index contributed by atoms with van der Waals surface area (Å²) < 4.78 is 26.6. The van der Waals surface area contributed by atoms with Crippen LogP contribution >= 0.6 is 0 Å². The maximum Gasteiger partial charge on any atom is 0.306 e. The van der Waals surface area contributed by atoms with E-state index in [1.165, 1.54) is 24.3 Å². The van der Waals surface area contributed by atoms with Crippen molar-refractivity contribution in [2.45, 2.75) is 32.6 Å². The van der Waals surface area contributed by atoms with E-state index in [0.29, 0.717) is 65.8 Å². The average molecular weight is 504 g/mol. The lowest BCUT2D eigenvalue weighted by atomic mass is 10.0. The minimum Gasteiger partial charge on any atom is -0.481 e. The first-order chi connectivity index (χ1) is 17.8. The van der Waals surface area contributed by atoms with Gasteiger partial charge < -0.3 is 10.4 Å². The SMILES string of the molecule is CC(CCCc1nc2cc(C(=O)NCCc3ccc(F)cc3)ccc2nc1-c1ccc(F)cc1)C(=O)O. The van der Waals surface area contributed by atoms with E-state index < -0.39 is 11.9 Å². The van der Waals surface area contributed by atoms with E-state index in [4.69, 9.17) is 9.97 Å². The van der Waals surface area contributed by atoms with Crippen molar-refractivity contribution in [3.05, 3.63) is 95.2 Å². The number of fused-ring (bicyclic) bond motifs is 1. The highest BCUT2D eigenvalue weighted by atomic mass is 19.1. The fourth-order valence-electron chi connectivity index (χ4n) is 4.02. The van der Waals surface area contributed by atoms with Crippen LogP contribution in [0.15, 0.2) is 66.7 Å². The summed E-state index contributed by atoms with van der Waals surface area (Å²) in [7, 11) is 0. The normalized spacial score (nSPS) is 11.9. The molecule has 0 aliphatic carbocycles. The van der Waals surface area contributed by atoms with Crippen molar-refractivity contribution < 1.29 is 23.5 Å². The number of aryl methyl sites for hydroxylation is 1. The summed E-state index contributed by atoms with van der Waals surface area (Å²) in [6, 6.07) is 17.2. The largest absolute Gasteiger partial charge is 0.481 e. The molecule has 2 N–H and O–H groups in total. The Morgan fingerprint density at radius 2 is 1.57 bits per heavy atom. The van der Waals surface area contributed by atoms with E-state index in [1.807, 2.05) is 0 Å². The zero-order chi connectivity index (χ0) is 26.4. The second-order valence-electron chi connectivity index (χ2n) is 8.99. The fourth-order valence-corrected chi connectivity index (χ4v) is 4.02.